The van der Waals surface area contributed by atoms with E-state index in [1.165, 1.54) is 4.90 Å². The van der Waals surface area contributed by atoms with Gasteiger partial charge < -0.3 is 10.0 Å². The molecule has 1 N–H and O–H groups in total. The predicted octanol–water partition coefficient (Wildman–Crippen LogP) is 2.18. The van der Waals surface area contributed by atoms with Crippen LogP contribution in [-0.4, -0.2) is 29.5 Å². The van der Waals surface area contributed by atoms with Crippen LogP contribution in [0.25, 0.3) is 0 Å². The molecule has 0 saturated carbocycles. The Hall–Kier alpha value is -1.84. The second kappa shape index (κ2) is 4.79. The molecule has 1 aromatic rings. The number of benzene rings is 1. The smallest absolute Gasteiger partial charge is 0.257 e. The van der Waals surface area contributed by atoms with Crippen LogP contribution in [0.2, 0.25) is 0 Å². The van der Waals surface area contributed by atoms with Crippen LogP contribution in [0.15, 0.2) is 30.4 Å². The summed E-state index contributed by atoms with van der Waals surface area (Å²) < 4.78 is 12.9. The molecule has 0 spiro atoms. The Balaban J connectivity index is 2.95. The van der Waals surface area contributed by atoms with Gasteiger partial charge in [-0.3, -0.25) is 4.79 Å². The molecule has 0 saturated heterocycles. The van der Waals surface area contributed by atoms with Crippen LogP contribution >= 0.6 is 0 Å². The summed E-state index contributed by atoms with van der Waals surface area (Å²) in [6, 6.07) is 3.29. The predicted molar refractivity (Wildman–Crippen MR) is 59.8 cm³/mol. The van der Waals surface area contributed by atoms with Crippen LogP contribution in [0.5, 0.6) is 5.75 Å². The molecule has 0 aliphatic rings. The van der Waals surface area contributed by atoms with E-state index in [0.29, 0.717) is 6.54 Å². The number of aromatic hydroxyl groups is 1. The van der Waals surface area contributed by atoms with E-state index in [9.17, 15) is 14.3 Å². The first-order chi connectivity index (χ1) is 7.41. The molecule has 0 bridgehead atoms. The molecular formula is C12H14FNO2. The molecule has 86 valence electrons. The van der Waals surface area contributed by atoms with Gasteiger partial charge in [-0.05, 0) is 25.1 Å². The quantitative estimate of drug-likeness (QED) is 0.798. The van der Waals surface area contributed by atoms with Gasteiger partial charge in [0.1, 0.15) is 11.6 Å². The molecule has 1 rings (SSSR count). The summed E-state index contributed by atoms with van der Waals surface area (Å²) in [6.45, 7) is 5.84. The van der Waals surface area contributed by atoms with Gasteiger partial charge in [0.25, 0.3) is 5.91 Å². The highest BCUT2D eigenvalue weighted by Gasteiger charge is 2.16. The van der Waals surface area contributed by atoms with Crippen LogP contribution < -0.4 is 0 Å². The van der Waals surface area contributed by atoms with Crippen LogP contribution in [0.4, 0.5) is 4.39 Å². The molecule has 0 aliphatic carbocycles. The molecule has 1 amide bonds. The zero-order chi connectivity index (χ0) is 12.3. The van der Waals surface area contributed by atoms with E-state index >= 15 is 0 Å². The highest BCUT2D eigenvalue weighted by molar-refractivity contribution is 5.96. The van der Waals surface area contributed by atoms with Crippen molar-refractivity contribution < 1.29 is 14.3 Å². The number of likely N-dealkylation sites (N-methyl/N-ethyl adjacent to an activating group) is 1. The number of nitrogens with zero attached hydrogens (tertiary/aromatic N) is 1. The minimum Gasteiger partial charge on any atom is -0.507 e. The first-order valence-electron chi connectivity index (χ1n) is 4.80. The van der Waals surface area contributed by atoms with Crippen molar-refractivity contribution in [2.75, 3.05) is 13.6 Å². The fourth-order valence-electron chi connectivity index (χ4n) is 1.36. The minimum absolute atomic E-state index is 0.0382. The van der Waals surface area contributed by atoms with Gasteiger partial charge >= 0.3 is 0 Å². The Labute approximate surface area is 93.8 Å². The largest absolute Gasteiger partial charge is 0.507 e. The lowest BCUT2D eigenvalue weighted by atomic mass is 10.1. The van der Waals surface area contributed by atoms with E-state index < -0.39 is 11.7 Å². The van der Waals surface area contributed by atoms with Gasteiger partial charge in [-0.15, -0.1) is 0 Å². The number of halogens is 1. The molecule has 3 nitrogen and oxygen atoms in total. The lowest BCUT2D eigenvalue weighted by Crippen LogP contribution is -2.28. The summed E-state index contributed by atoms with van der Waals surface area (Å²) in [7, 11) is 1.57. The average Bonchev–Trinajstić information content (AvgIpc) is 2.19. The SMILES string of the molecule is C=C(C)CN(C)C(=O)c1cc(F)ccc1O. The summed E-state index contributed by atoms with van der Waals surface area (Å²) in [5, 5.41) is 9.45. The van der Waals surface area contributed by atoms with Gasteiger partial charge in [-0.25, -0.2) is 4.39 Å². The first kappa shape index (κ1) is 12.2. The fourth-order valence-corrected chi connectivity index (χ4v) is 1.36. The minimum atomic E-state index is -0.551. The van der Waals surface area contributed by atoms with Crippen molar-refractivity contribution in [1.82, 2.24) is 4.90 Å². The number of amides is 1. The Kier molecular flexibility index (Phi) is 3.66. The summed E-state index contributed by atoms with van der Waals surface area (Å²) in [5.74, 6) is -1.20. The number of carbonyl (C=O) groups is 1. The van der Waals surface area contributed by atoms with E-state index in [-0.39, 0.29) is 11.3 Å². The number of hydrogen-bond acceptors (Lipinski definition) is 2. The van der Waals surface area contributed by atoms with Gasteiger partial charge in [0.15, 0.2) is 0 Å². The molecule has 16 heavy (non-hydrogen) atoms. The number of hydrogen-bond donors (Lipinski definition) is 1. The Bertz CT molecular complexity index is 429. The molecule has 0 aromatic heterocycles. The van der Waals surface area contributed by atoms with E-state index in [1.54, 1.807) is 14.0 Å². The van der Waals surface area contributed by atoms with E-state index in [4.69, 9.17) is 0 Å². The maximum Gasteiger partial charge on any atom is 0.257 e. The van der Waals surface area contributed by atoms with Gasteiger partial charge in [-0.1, -0.05) is 12.2 Å². The zero-order valence-electron chi connectivity index (χ0n) is 9.33. The van der Waals surface area contributed by atoms with Gasteiger partial charge in [0.05, 0.1) is 5.56 Å². The van der Waals surface area contributed by atoms with E-state index in [2.05, 4.69) is 6.58 Å². The van der Waals surface area contributed by atoms with Gasteiger partial charge in [-0.2, -0.15) is 0 Å². The summed E-state index contributed by atoms with van der Waals surface area (Å²) in [6.07, 6.45) is 0. The Morgan fingerprint density at radius 1 is 1.56 bits per heavy atom. The van der Waals surface area contributed by atoms with Crippen LogP contribution in [-0.2, 0) is 0 Å². The third kappa shape index (κ3) is 2.82. The molecule has 1 aromatic carbocycles. The molecule has 4 heteroatoms. The highest BCUT2D eigenvalue weighted by atomic mass is 19.1. The third-order valence-electron chi connectivity index (χ3n) is 2.04. The topological polar surface area (TPSA) is 40.5 Å². The van der Waals surface area contributed by atoms with Crippen molar-refractivity contribution in [3.63, 3.8) is 0 Å². The molecule has 0 atom stereocenters. The van der Waals surface area contributed by atoms with Crippen molar-refractivity contribution in [2.24, 2.45) is 0 Å². The second-order valence-corrected chi connectivity index (χ2v) is 3.78. The lowest BCUT2D eigenvalue weighted by molar-refractivity contribution is 0.0803. The van der Waals surface area contributed by atoms with Gasteiger partial charge in [0.2, 0.25) is 0 Å². The maximum atomic E-state index is 12.9. The molecule has 0 unspecified atom stereocenters. The highest BCUT2D eigenvalue weighted by Crippen LogP contribution is 2.19. The third-order valence-corrected chi connectivity index (χ3v) is 2.04. The first-order valence-corrected chi connectivity index (χ1v) is 4.80. The fraction of sp³-hybridized carbons (Fsp3) is 0.250. The van der Waals surface area contributed by atoms with E-state index in [1.807, 2.05) is 0 Å². The van der Waals surface area contributed by atoms with Crippen LogP contribution in [0, 0.1) is 5.82 Å². The molecule has 0 aliphatic heterocycles. The summed E-state index contributed by atoms with van der Waals surface area (Å²) in [5.41, 5.74) is 0.774. The maximum absolute atomic E-state index is 12.9. The number of phenols is 1. The van der Waals surface area contributed by atoms with Gasteiger partial charge in [0, 0.05) is 13.6 Å². The Morgan fingerprint density at radius 3 is 2.75 bits per heavy atom. The standard InChI is InChI=1S/C12H14FNO2/c1-8(2)7-14(3)12(16)10-6-9(13)4-5-11(10)15/h4-6,15H,1,7H2,2-3H3. The average molecular weight is 223 g/mol. The van der Waals surface area contributed by atoms with Crippen molar-refractivity contribution >= 4 is 5.91 Å². The molecular weight excluding hydrogens is 209 g/mol. The van der Waals surface area contributed by atoms with Crippen molar-refractivity contribution in [3.8, 4) is 5.75 Å². The molecule has 0 heterocycles. The van der Waals surface area contributed by atoms with Crippen LogP contribution in [0.1, 0.15) is 17.3 Å². The monoisotopic (exact) mass is 223 g/mol. The normalized spacial score (nSPS) is 9.94. The number of carbonyl (C=O) groups excluding carboxylic acids is 1. The second-order valence-electron chi connectivity index (χ2n) is 3.78. The lowest BCUT2D eigenvalue weighted by Gasteiger charge is -2.17. The number of rotatable bonds is 3. The summed E-state index contributed by atoms with van der Waals surface area (Å²) >= 11 is 0. The molecule has 0 radical (unpaired) electrons. The van der Waals surface area contributed by atoms with Crippen LogP contribution in [0.3, 0.4) is 0 Å². The zero-order valence-corrected chi connectivity index (χ0v) is 9.33. The number of phenolic OH excluding ortho intramolecular Hbond substituents is 1. The summed E-state index contributed by atoms with van der Waals surface area (Å²) in [4.78, 5) is 13.2. The van der Waals surface area contributed by atoms with Crippen molar-refractivity contribution in [2.45, 2.75) is 6.92 Å². The molecule has 0 fully saturated rings. The van der Waals surface area contributed by atoms with Crippen molar-refractivity contribution in [1.29, 1.82) is 0 Å². The van der Waals surface area contributed by atoms with Crippen molar-refractivity contribution in [3.05, 3.63) is 41.7 Å². The Morgan fingerprint density at radius 2 is 2.19 bits per heavy atom. The van der Waals surface area contributed by atoms with E-state index in [0.717, 1.165) is 23.8 Å².